The van der Waals surface area contributed by atoms with E-state index in [1.54, 1.807) is 6.07 Å². The van der Waals surface area contributed by atoms with E-state index in [9.17, 15) is 18.0 Å². The van der Waals surface area contributed by atoms with Gasteiger partial charge in [-0.1, -0.05) is 0 Å². The standard InChI is InChI=1S/C26H25F3N2O4/c1-25(2,3)35-24(32)13-18-6-7-31-22-5-4-20(11-19(22)12-23(18)31)33-15-17-8-16(14-30)9-21(10-17)34-26(27,28)29/h4-5,8-12,18H,6-7,13,15H2,1-3H3. The number of hydrogen-bond donors (Lipinski definition) is 0. The zero-order valence-corrected chi connectivity index (χ0v) is 19.6. The third-order valence-electron chi connectivity index (χ3n) is 5.59. The highest BCUT2D eigenvalue weighted by atomic mass is 19.4. The van der Waals surface area contributed by atoms with Gasteiger partial charge in [0.25, 0.3) is 0 Å². The quantitative estimate of drug-likeness (QED) is 0.388. The highest BCUT2D eigenvalue weighted by Gasteiger charge is 2.31. The van der Waals surface area contributed by atoms with Gasteiger partial charge in [-0.3, -0.25) is 4.79 Å². The second-order valence-electron chi connectivity index (χ2n) is 9.53. The molecule has 0 bridgehead atoms. The number of hydrogen-bond acceptors (Lipinski definition) is 5. The Kier molecular flexibility index (Phi) is 6.41. The lowest BCUT2D eigenvalue weighted by atomic mass is 10.00. The molecule has 0 radical (unpaired) electrons. The van der Waals surface area contributed by atoms with Gasteiger partial charge in [0.15, 0.2) is 0 Å². The summed E-state index contributed by atoms with van der Waals surface area (Å²) in [5.74, 6) is -0.0855. The fourth-order valence-electron chi connectivity index (χ4n) is 4.34. The molecule has 0 aliphatic carbocycles. The monoisotopic (exact) mass is 486 g/mol. The van der Waals surface area contributed by atoms with Crippen molar-refractivity contribution in [1.29, 1.82) is 5.26 Å². The van der Waals surface area contributed by atoms with E-state index >= 15 is 0 Å². The Hall–Kier alpha value is -3.67. The lowest BCUT2D eigenvalue weighted by molar-refractivity contribution is -0.274. The summed E-state index contributed by atoms with van der Waals surface area (Å²) in [5.41, 5.74) is 1.98. The van der Waals surface area contributed by atoms with Crippen LogP contribution in [0.15, 0.2) is 42.5 Å². The summed E-state index contributed by atoms with van der Waals surface area (Å²) in [5, 5.41) is 10.1. The summed E-state index contributed by atoms with van der Waals surface area (Å²) in [6.45, 7) is 6.30. The topological polar surface area (TPSA) is 73.5 Å². The van der Waals surface area contributed by atoms with Crippen molar-refractivity contribution in [3.05, 3.63) is 59.3 Å². The van der Waals surface area contributed by atoms with Crippen molar-refractivity contribution in [3.63, 3.8) is 0 Å². The highest BCUT2D eigenvalue weighted by molar-refractivity contribution is 5.84. The zero-order chi connectivity index (χ0) is 25.4. The van der Waals surface area contributed by atoms with Gasteiger partial charge in [-0.25, -0.2) is 0 Å². The molecule has 35 heavy (non-hydrogen) atoms. The van der Waals surface area contributed by atoms with Crippen LogP contribution in [0.25, 0.3) is 10.9 Å². The van der Waals surface area contributed by atoms with E-state index in [0.29, 0.717) is 17.7 Å². The van der Waals surface area contributed by atoms with Crippen molar-refractivity contribution < 1.29 is 32.2 Å². The van der Waals surface area contributed by atoms with Crippen LogP contribution in [0.2, 0.25) is 0 Å². The SMILES string of the molecule is CC(C)(C)OC(=O)CC1CCn2c1cc1cc(OCc3cc(C#N)cc(OC(F)(F)F)c3)ccc12. The molecule has 0 N–H and O–H groups in total. The van der Waals surface area contributed by atoms with Crippen molar-refractivity contribution in [2.45, 2.75) is 64.6 Å². The lowest BCUT2D eigenvalue weighted by Gasteiger charge is -2.20. The largest absolute Gasteiger partial charge is 0.573 e. The molecule has 6 nitrogen and oxygen atoms in total. The summed E-state index contributed by atoms with van der Waals surface area (Å²) in [6.07, 6.45) is -3.68. The molecule has 1 aliphatic heterocycles. The molecule has 1 unspecified atom stereocenters. The molecule has 0 amide bonds. The number of nitriles is 1. The molecule has 9 heteroatoms. The number of halogens is 3. The first-order valence-electron chi connectivity index (χ1n) is 11.2. The number of carbonyl (C=O) groups is 1. The molecule has 3 aromatic rings. The predicted octanol–water partition coefficient (Wildman–Crippen LogP) is 6.21. The van der Waals surface area contributed by atoms with Crippen LogP contribution in [-0.2, 0) is 22.7 Å². The van der Waals surface area contributed by atoms with Crippen LogP contribution >= 0.6 is 0 Å². The molecule has 0 fully saturated rings. The molecule has 1 aromatic heterocycles. The van der Waals surface area contributed by atoms with Crippen molar-refractivity contribution in [1.82, 2.24) is 4.57 Å². The van der Waals surface area contributed by atoms with E-state index in [-0.39, 0.29) is 24.1 Å². The Balaban J connectivity index is 1.48. The van der Waals surface area contributed by atoms with E-state index < -0.39 is 17.7 Å². The van der Waals surface area contributed by atoms with Crippen LogP contribution in [0.5, 0.6) is 11.5 Å². The van der Waals surface area contributed by atoms with Gasteiger partial charge in [0.2, 0.25) is 0 Å². The Labute approximate surface area is 200 Å². The van der Waals surface area contributed by atoms with Crippen molar-refractivity contribution in [2.24, 2.45) is 0 Å². The van der Waals surface area contributed by atoms with Gasteiger partial charge < -0.3 is 18.8 Å². The second-order valence-corrected chi connectivity index (χ2v) is 9.53. The van der Waals surface area contributed by atoms with E-state index in [4.69, 9.17) is 14.7 Å². The van der Waals surface area contributed by atoms with E-state index in [0.717, 1.165) is 35.6 Å². The molecule has 2 heterocycles. The number of alkyl halides is 3. The fourth-order valence-corrected chi connectivity index (χ4v) is 4.34. The second kappa shape index (κ2) is 9.17. The summed E-state index contributed by atoms with van der Waals surface area (Å²) in [4.78, 5) is 12.3. The number of carbonyl (C=O) groups excluding carboxylic acids is 1. The number of rotatable bonds is 6. The number of benzene rings is 2. The number of fused-ring (bicyclic) bond motifs is 3. The van der Waals surface area contributed by atoms with Gasteiger partial charge in [0.1, 0.15) is 23.7 Å². The summed E-state index contributed by atoms with van der Waals surface area (Å²) < 4.78 is 55.2. The average molecular weight is 486 g/mol. The third kappa shape index (κ3) is 6.07. The molecule has 0 saturated carbocycles. The van der Waals surface area contributed by atoms with Crippen LogP contribution in [0.1, 0.15) is 56.4 Å². The van der Waals surface area contributed by atoms with Gasteiger partial charge >= 0.3 is 12.3 Å². The molecule has 0 saturated heterocycles. The van der Waals surface area contributed by atoms with E-state index in [1.165, 1.54) is 12.1 Å². The van der Waals surface area contributed by atoms with Gasteiger partial charge in [-0.05, 0) is 75.2 Å². The number of aromatic nitrogens is 1. The third-order valence-corrected chi connectivity index (χ3v) is 5.59. The zero-order valence-electron chi connectivity index (χ0n) is 19.6. The first kappa shape index (κ1) is 24.5. The van der Waals surface area contributed by atoms with E-state index in [1.807, 2.05) is 45.0 Å². The Bertz CT molecular complexity index is 1300. The fraction of sp³-hybridized carbons (Fsp3) is 0.385. The summed E-state index contributed by atoms with van der Waals surface area (Å²) >= 11 is 0. The smallest absolute Gasteiger partial charge is 0.489 e. The maximum absolute atomic E-state index is 12.6. The predicted molar refractivity (Wildman–Crippen MR) is 122 cm³/mol. The maximum atomic E-state index is 12.6. The normalized spacial score (nSPS) is 15.5. The first-order valence-corrected chi connectivity index (χ1v) is 11.2. The van der Waals surface area contributed by atoms with Crippen LogP contribution in [0.3, 0.4) is 0 Å². The summed E-state index contributed by atoms with van der Waals surface area (Å²) in [7, 11) is 0. The Morgan fingerprint density at radius 2 is 1.89 bits per heavy atom. The minimum atomic E-state index is -4.85. The highest BCUT2D eigenvalue weighted by Crippen LogP contribution is 2.38. The van der Waals surface area contributed by atoms with Crippen molar-refractivity contribution in [2.75, 3.05) is 0 Å². The molecule has 0 spiro atoms. The van der Waals surface area contributed by atoms with Crippen LogP contribution in [0, 0.1) is 11.3 Å². The molecule has 2 aromatic carbocycles. The average Bonchev–Trinajstić information content (AvgIpc) is 3.28. The minimum absolute atomic E-state index is 0.0376. The van der Waals surface area contributed by atoms with Gasteiger partial charge in [-0.2, -0.15) is 5.26 Å². The maximum Gasteiger partial charge on any atom is 0.573 e. The molecule has 4 rings (SSSR count). The number of ether oxygens (including phenoxy) is 3. The van der Waals surface area contributed by atoms with Gasteiger partial charge in [-0.15, -0.1) is 13.2 Å². The van der Waals surface area contributed by atoms with E-state index in [2.05, 4.69) is 9.30 Å². The summed E-state index contributed by atoms with van der Waals surface area (Å²) in [6, 6.07) is 13.1. The molecule has 1 atom stereocenters. The van der Waals surface area contributed by atoms with Crippen LogP contribution in [-0.4, -0.2) is 22.5 Å². The number of nitrogens with zero attached hydrogens (tertiary/aromatic N) is 2. The Morgan fingerprint density at radius 1 is 1.11 bits per heavy atom. The van der Waals surface area contributed by atoms with Gasteiger partial charge in [0.05, 0.1) is 18.1 Å². The number of aryl methyl sites for hydroxylation is 1. The van der Waals surface area contributed by atoms with Gasteiger partial charge in [0, 0.05) is 29.1 Å². The Morgan fingerprint density at radius 3 is 2.57 bits per heavy atom. The molecule has 1 aliphatic rings. The molecular formula is C26H25F3N2O4. The lowest BCUT2D eigenvalue weighted by Crippen LogP contribution is -2.24. The van der Waals surface area contributed by atoms with Crippen molar-refractivity contribution >= 4 is 16.9 Å². The molecular weight excluding hydrogens is 461 g/mol. The van der Waals surface area contributed by atoms with Crippen molar-refractivity contribution in [3.8, 4) is 17.6 Å². The minimum Gasteiger partial charge on any atom is -0.489 e. The first-order chi connectivity index (χ1) is 16.4. The molecule has 184 valence electrons. The number of esters is 1. The van der Waals surface area contributed by atoms with Crippen LogP contribution in [0.4, 0.5) is 13.2 Å². The van der Waals surface area contributed by atoms with Crippen LogP contribution < -0.4 is 9.47 Å².